The van der Waals surface area contributed by atoms with Gasteiger partial charge in [-0.2, -0.15) is 0 Å². The van der Waals surface area contributed by atoms with Gasteiger partial charge in [0, 0.05) is 12.4 Å². The number of imidazole rings is 1. The maximum absolute atomic E-state index is 10.3. The van der Waals surface area contributed by atoms with Gasteiger partial charge in [-0.05, 0) is 35.1 Å². The molecular formula is C21H24N2O. The summed E-state index contributed by atoms with van der Waals surface area (Å²) >= 11 is 0. The van der Waals surface area contributed by atoms with Gasteiger partial charge in [0.1, 0.15) is 11.6 Å². The molecule has 0 amide bonds. The van der Waals surface area contributed by atoms with Crippen molar-refractivity contribution in [1.29, 1.82) is 0 Å². The predicted molar refractivity (Wildman–Crippen MR) is 98.8 cm³/mol. The number of hydrogen-bond acceptors (Lipinski definition) is 2. The molecule has 124 valence electrons. The summed E-state index contributed by atoms with van der Waals surface area (Å²) < 4.78 is 2.11. The van der Waals surface area contributed by atoms with Crippen LogP contribution < -0.4 is 0 Å². The summed E-state index contributed by atoms with van der Waals surface area (Å²) in [6.07, 6.45) is 3.78. The first-order chi connectivity index (χ1) is 11.5. The lowest BCUT2D eigenvalue weighted by molar-refractivity contribution is 0.477. The molecule has 3 rings (SSSR count). The van der Waals surface area contributed by atoms with Crippen LogP contribution in [0.5, 0.6) is 5.75 Å². The van der Waals surface area contributed by atoms with Crippen molar-refractivity contribution in [2.45, 2.75) is 39.5 Å². The van der Waals surface area contributed by atoms with Gasteiger partial charge in [0.15, 0.2) is 0 Å². The van der Waals surface area contributed by atoms with Crippen LogP contribution >= 0.6 is 0 Å². The third-order valence-corrected chi connectivity index (χ3v) is 4.37. The summed E-state index contributed by atoms with van der Waals surface area (Å²) in [5, 5.41) is 10.3. The van der Waals surface area contributed by atoms with E-state index in [-0.39, 0.29) is 5.75 Å². The highest BCUT2D eigenvalue weighted by Gasteiger charge is 2.19. The Bertz CT molecular complexity index is 820. The second-order valence-corrected chi connectivity index (χ2v) is 6.73. The molecule has 0 aliphatic rings. The molecule has 0 saturated carbocycles. The van der Waals surface area contributed by atoms with Crippen molar-refractivity contribution < 1.29 is 5.11 Å². The largest absolute Gasteiger partial charge is 0.507 e. The molecule has 3 aromatic rings. The van der Waals surface area contributed by atoms with Crippen LogP contribution in [0.4, 0.5) is 0 Å². The fourth-order valence-electron chi connectivity index (χ4n) is 3.14. The smallest absolute Gasteiger partial charge is 0.148 e. The molecule has 0 atom stereocenters. The number of rotatable bonds is 4. The van der Waals surface area contributed by atoms with Gasteiger partial charge in [-0.15, -0.1) is 0 Å². The van der Waals surface area contributed by atoms with E-state index in [0.29, 0.717) is 11.8 Å². The first kappa shape index (κ1) is 16.3. The first-order valence-corrected chi connectivity index (χ1v) is 8.45. The van der Waals surface area contributed by atoms with Crippen LogP contribution in [0.25, 0.3) is 17.1 Å². The first-order valence-electron chi connectivity index (χ1n) is 8.45. The zero-order valence-electron chi connectivity index (χ0n) is 14.7. The Kier molecular flexibility index (Phi) is 4.43. The van der Waals surface area contributed by atoms with E-state index < -0.39 is 0 Å². The van der Waals surface area contributed by atoms with Crippen LogP contribution in [0.2, 0.25) is 0 Å². The van der Waals surface area contributed by atoms with E-state index in [9.17, 15) is 5.11 Å². The van der Waals surface area contributed by atoms with E-state index in [1.54, 1.807) is 12.3 Å². The minimum absolute atomic E-state index is 0.248. The quantitative estimate of drug-likeness (QED) is 0.690. The number of nitrogens with zero attached hydrogens (tertiary/aromatic N) is 2. The Hall–Kier alpha value is -2.55. The van der Waals surface area contributed by atoms with E-state index in [1.807, 2.05) is 24.4 Å². The molecule has 0 bridgehead atoms. The van der Waals surface area contributed by atoms with Crippen LogP contribution in [0.1, 0.15) is 50.7 Å². The Morgan fingerprint density at radius 1 is 0.875 bits per heavy atom. The van der Waals surface area contributed by atoms with Crippen LogP contribution in [0.15, 0.2) is 54.9 Å². The summed E-state index contributed by atoms with van der Waals surface area (Å²) in [4.78, 5) is 4.53. The second kappa shape index (κ2) is 6.52. The minimum Gasteiger partial charge on any atom is -0.507 e. The van der Waals surface area contributed by atoms with Gasteiger partial charge >= 0.3 is 0 Å². The lowest BCUT2D eigenvalue weighted by Crippen LogP contribution is -2.07. The highest BCUT2D eigenvalue weighted by molar-refractivity contribution is 5.67. The predicted octanol–water partition coefficient (Wildman–Crippen LogP) is 5.49. The molecule has 0 unspecified atom stereocenters. The fourth-order valence-corrected chi connectivity index (χ4v) is 3.14. The van der Waals surface area contributed by atoms with Gasteiger partial charge in [0.05, 0.1) is 11.3 Å². The summed E-state index contributed by atoms with van der Waals surface area (Å²) in [5.41, 5.74) is 4.50. The Morgan fingerprint density at radius 2 is 1.50 bits per heavy atom. The number of hydrogen-bond donors (Lipinski definition) is 1. The second-order valence-electron chi connectivity index (χ2n) is 6.73. The van der Waals surface area contributed by atoms with E-state index >= 15 is 0 Å². The lowest BCUT2D eigenvalue weighted by atomic mass is 9.92. The fraction of sp³-hybridized carbons (Fsp3) is 0.286. The van der Waals surface area contributed by atoms with Crippen molar-refractivity contribution in [2.24, 2.45) is 0 Å². The van der Waals surface area contributed by atoms with E-state index in [0.717, 1.165) is 11.4 Å². The summed E-state index contributed by atoms with van der Waals surface area (Å²) in [7, 11) is 0. The Morgan fingerprint density at radius 3 is 2.08 bits per heavy atom. The number of phenolic OH excluding ortho intramolecular Hbond substituents is 1. The molecule has 1 N–H and O–H groups in total. The van der Waals surface area contributed by atoms with Gasteiger partial charge in [-0.1, -0.05) is 58.0 Å². The highest BCUT2D eigenvalue weighted by Crippen LogP contribution is 2.35. The monoisotopic (exact) mass is 320 g/mol. The third kappa shape index (κ3) is 2.82. The van der Waals surface area contributed by atoms with E-state index in [4.69, 9.17) is 0 Å². The maximum atomic E-state index is 10.3. The molecule has 3 nitrogen and oxygen atoms in total. The molecule has 0 radical (unpaired) electrons. The number of benzene rings is 2. The average Bonchev–Trinajstić information content (AvgIpc) is 3.03. The summed E-state index contributed by atoms with van der Waals surface area (Å²) in [6.45, 7) is 8.83. The molecule has 0 aliphatic carbocycles. The molecule has 24 heavy (non-hydrogen) atoms. The van der Waals surface area contributed by atoms with Crippen LogP contribution in [-0.2, 0) is 0 Å². The van der Waals surface area contributed by atoms with Crippen molar-refractivity contribution in [3.05, 3.63) is 66.0 Å². The molecular weight excluding hydrogens is 296 g/mol. The number of aromatic hydroxyl groups is 1. The van der Waals surface area contributed by atoms with Crippen molar-refractivity contribution in [3.8, 4) is 22.8 Å². The van der Waals surface area contributed by atoms with Gasteiger partial charge in [0.2, 0.25) is 0 Å². The summed E-state index contributed by atoms with van der Waals surface area (Å²) in [5.74, 6) is 1.82. The molecule has 1 heterocycles. The minimum atomic E-state index is 0.248. The zero-order valence-corrected chi connectivity index (χ0v) is 14.7. The third-order valence-electron chi connectivity index (χ3n) is 4.37. The van der Waals surface area contributed by atoms with Crippen LogP contribution in [0.3, 0.4) is 0 Å². The molecule has 1 aromatic heterocycles. The van der Waals surface area contributed by atoms with Gasteiger partial charge < -0.3 is 5.11 Å². The molecule has 0 saturated heterocycles. The standard InChI is InChI=1S/C21H24N2O/c1-14(2)16-9-7-10-17(15(3)4)20(16)23-13-12-22-21(23)18-8-5-6-11-19(18)24/h5-15,24H,1-4H3. The Balaban J connectivity index is 2.29. The van der Waals surface area contributed by atoms with Gasteiger partial charge in [-0.25, -0.2) is 4.98 Å². The highest BCUT2D eigenvalue weighted by atomic mass is 16.3. The number of aromatic nitrogens is 2. The van der Waals surface area contributed by atoms with Crippen molar-refractivity contribution in [3.63, 3.8) is 0 Å². The van der Waals surface area contributed by atoms with Gasteiger partial charge in [0.25, 0.3) is 0 Å². The van der Waals surface area contributed by atoms with Crippen LogP contribution in [-0.4, -0.2) is 14.7 Å². The molecule has 0 spiro atoms. The normalized spacial score (nSPS) is 11.4. The van der Waals surface area contributed by atoms with Crippen molar-refractivity contribution in [1.82, 2.24) is 9.55 Å². The van der Waals surface area contributed by atoms with E-state index in [1.165, 1.54) is 16.8 Å². The number of phenols is 1. The topological polar surface area (TPSA) is 38.0 Å². The molecule has 0 aliphatic heterocycles. The molecule has 3 heteroatoms. The van der Waals surface area contributed by atoms with Crippen molar-refractivity contribution in [2.75, 3.05) is 0 Å². The van der Waals surface area contributed by atoms with E-state index in [2.05, 4.69) is 55.4 Å². The summed E-state index contributed by atoms with van der Waals surface area (Å²) in [6, 6.07) is 13.8. The van der Waals surface area contributed by atoms with Crippen LogP contribution in [0, 0.1) is 0 Å². The molecule has 0 fully saturated rings. The maximum Gasteiger partial charge on any atom is 0.148 e. The average molecular weight is 320 g/mol. The van der Waals surface area contributed by atoms with Gasteiger partial charge in [-0.3, -0.25) is 4.57 Å². The lowest BCUT2D eigenvalue weighted by Gasteiger charge is -2.22. The molecule has 2 aromatic carbocycles. The SMILES string of the molecule is CC(C)c1cccc(C(C)C)c1-n1ccnc1-c1ccccc1O. The Labute approximate surface area is 143 Å². The zero-order chi connectivity index (χ0) is 17.3. The number of para-hydroxylation sites is 2. The van der Waals surface area contributed by atoms with Crippen molar-refractivity contribution >= 4 is 0 Å².